The summed E-state index contributed by atoms with van der Waals surface area (Å²) in [6, 6.07) is 8.76. The molecule has 2 N–H and O–H groups in total. The lowest BCUT2D eigenvalue weighted by molar-refractivity contribution is -0.115. The van der Waals surface area contributed by atoms with Gasteiger partial charge in [-0.15, -0.1) is 11.3 Å². The van der Waals surface area contributed by atoms with Crippen LogP contribution in [0.1, 0.15) is 16.2 Å². The predicted octanol–water partition coefficient (Wildman–Crippen LogP) is 3.25. The van der Waals surface area contributed by atoms with Crippen molar-refractivity contribution >= 4 is 39.8 Å². The third-order valence-electron chi connectivity index (χ3n) is 3.85. The number of furan rings is 1. The van der Waals surface area contributed by atoms with Gasteiger partial charge in [-0.05, 0) is 30.3 Å². The van der Waals surface area contributed by atoms with Crippen LogP contribution in [0.2, 0.25) is 0 Å². The maximum Gasteiger partial charge on any atom is 0.359 e. The first-order chi connectivity index (χ1) is 13.1. The number of nitrogens with zero attached hydrogens (tertiary/aromatic N) is 2. The largest absolute Gasteiger partial charge is 0.464 e. The first-order valence-corrected chi connectivity index (χ1v) is 8.86. The number of thiazole rings is 1. The van der Waals surface area contributed by atoms with E-state index in [0.29, 0.717) is 28.0 Å². The second-order valence-electron chi connectivity index (χ2n) is 5.67. The number of ether oxygens (including phenoxy) is 1. The van der Waals surface area contributed by atoms with Crippen molar-refractivity contribution in [3.8, 4) is 10.8 Å². The molecule has 0 aliphatic carbocycles. The molecule has 9 heteroatoms. The number of amides is 1. The standard InChI is InChI=1S/C18H14N4O4S/c1-25-18(24)16-12-7-10(4-5-13(12)21-22-16)19-15(23)8-11-9-27-17(20-11)14-3-2-6-26-14/h2-7,9H,8H2,1H3,(H,19,23)(H,21,22). The van der Waals surface area contributed by atoms with Crippen molar-refractivity contribution in [1.82, 2.24) is 15.2 Å². The maximum absolute atomic E-state index is 12.3. The topological polar surface area (TPSA) is 110 Å². The van der Waals surface area contributed by atoms with Crippen molar-refractivity contribution in [1.29, 1.82) is 0 Å². The highest BCUT2D eigenvalue weighted by atomic mass is 32.1. The van der Waals surface area contributed by atoms with Crippen LogP contribution in [0.3, 0.4) is 0 Å². The Labute approximate surface area is 157 Å². The van der Waals surface area contributed by atoms with Gasteiger partial charge < -0.3 is 14.5 Å². The third-order valence-corrected chi connectivity index (χ3v) is 4.76. The van der Waals surface area contributed by atoms with Gasteiger partial charge in [0.15, 0.2) is 16.5 Å². The van der Waals surface area contributed by atoms with E-state index in [1.807, 2.05) is 11.4 Å². The van der Waals surface area contributed by atoms with Crippen LogP contribution in [0.25, 0.3) is 21.7 Å². The summed E-state index contributed by atoms with van der Waals surface area (Å²) in [5.41, 5.74) is 2.06. The van der Waals surface area contributed by atoms with Crippen LogP contribution in [0.5, 0.6) is 0 Å². The monoisotopic (exact) mass is 382 g/mol. The molecule has 0 bridgehead atoms. The van der Waals surface area contributed by atoms with E-state index in [9.17, 15) is 9.59 Å². The molecule has 136 valence electrons. The number of aromatic amines is 1. The first-order valence-electron chi connectivity index (χ1n) is 7.98. The quantitative estimate of drug-likeness (QED) is 0.513. The summed E-state index contributed by atoms with van der Waals surface area (Å²) in [7, 11) is 1.29. The number of fused-ring (bicyclic) bond motifs is 1. The van der Waals surface area contributed by atoms with E-state index in [-0.39, 0.29) is 18.0 Å². The molecule has 8 nitrogen and oxygen atoms in total. The lowest BCUT2D eigenvalue weighted by Gasteiger charge is -2.04. The zero-order valence-corrected chi connectivity index (χ0v) is 15.0. The van der Waals surface area contributed by atoms with Crippen molar-refractivity contribution < 1.29 is 18.7 Å². The number of carbonyl (C=O) groups excluding carboxylic acids is 2. The number of nitrogens with one attached hydrogen (secondary N) is 2. The number of H-pyrrole nitrogens is 1. The molecule has 3 aromatic heterocycles. The number of aromatic nitrogens is 3. The molecule has 0 fully saturated rings. The van der Waals surface area contributed by atoms with Crippen LogP contribution in [-0.4, -0.2) is 34.2 Å². The molecule has 0 atom stereocenters. The van der Waals surface area contributed by atoms with Crippen LogP contribution in [-0.2, 0) is 16.0 Å². The van der Waals surface area contributed by atoms with Gasteiger partial charge in [-0.2, -0.15) is 5.10 Å². The van der Waals surface area contributed by atoms with Crippen molar-refractivity contribution in [2.45, 2.75) is 6.42 Å². The summed E-state index contributed by atoms with van der Waals surface area (Å²) in [6.07, 6.45) is 1.71. The fourth-order valence-electron chi connectivity index (χ4n) is 2.62. The second kappa shape index (κ2) is 7.04. The minimum absolute atomic E-state index is 0.129. The SMILES string of the molecule is COC(=O)c1n[nH]c2ccc(NC(=O)Cc3csc(-c4ccco4)n3)cc12. The summed E-state index contributed by atoms with van der Waals surface area (Å²) in [4.78, 5) is 28.5. The van der Waals surface area contributed by atoms with Gasteiger partial charge in [-0.1, -0.05) is 0 Å². The van der Waals surface area contributed by atoms with Gasteiger partial charge in [0, 0.05) is 16.5 Å². The molecule has 0 unspecified atom stereocenters. The Morgan fingerprint density at radius 2 is 2.22 bits per heavy atom. The average molecular weight is 382 g/mol. The summed E-state index contributed by atoms with van der Waals surface area (Å²) in [6.45, 7) is 0. The smallest absolute Gasteiger partial charge is 0.359 e. The Morgan fingerprint density at radius 1 is 1.33 bits per heavy atom. The molecule has 0 spiro atoms. The molecular weight excluding hydrogens is 368 g/mol. The average Bonchev–Trinajstić information content (AvgIpc) is 3.40. The normalized spacial score (nSPS) is 10.9. The predicted molar refractivity (Wildman–Crippen MR) is 99.6 cm³/mol. The number of esters is 1. The highest BCUT2D eigenvalue weighted by Gasteiger charge is 2.16. The van der Waals surface area contributed by atoms with Gasteiger partial charge in [0.1, 0.15) is 0 Å². The first kappa shape index (κ1) is 17.0. The van der Waals surface area contributed by atoms with Crippen molar-refractivity contribution in [3.63, 3.8) is 0 Å². The molecule has 3 heterocycles. The second-order valence-corrected chi connectivity index (χ2v) is 6.53. The highest BCUT2D eigenvalue weighted by molar-refractivity contribution is 7.13. The van der Waals surface area contributed by atoms with E-state index in [1.54, 1.807) is 30.5 Å². The summed E-state index contributed by atoms with van der Waals surface area (Å²) in [5, 5.41) is 12.6. The van der Waals surface area contributed by atoms with E-state index >= 15 is 0 Å². The lowest BCUT2D eigenvalue weighted by Crippen LogP contribution is -2.14. The van der Waals surface area contributed by atoms with Crippen molar-refractivity contribution in [3.05, 3.63) is 53.4 Å². The lowest BCUT2D eigenvalue weighted by atomic mass is 10.2. The minimum atomic E-state index is -0.544. The van der Waals surface area contributed by atoms with Gasteiger partial charge in [0.25, 0.3) is 0 Å². The summed E-state index contributed by atoms with van der Waals surface area (Å²) < 4.78 is 10.0. The van der Waals surface area contributed by atoms with Gasteiger partial charge in [-0.3, -0.25) is 9.89 Å². The van der Waals surface area contributed by atoms with Gasteiger partial charge in [-0.25, -0.2) is 9.78 Å². The summed E-state index contributed by atoms with van der Waals surface area (Å²) >= 11 is 1.42. The molecule has 1 aromatic carbocycles. The molecule has 0 aliphatic rings. The number of rotatable bonds is 5. The van der Waals surface area contributed by atoms with Crippen LogP contribution < -0.4 is 5.32 Å². The van der Waals surface area contributed by atoms with E-state index in [0.717, 1.165) is 5.01 Å². The van der Waals surface area contributed by atoms with Gasteiger partial charge in [0.2, 0.25) is 5.91 Å². The molecule has 0 radical (unpaired) electrons. The zero-order chi connectivity index (χ0) is 18.8. The van der Waals surface area contributed by atoms with Crippen molar-refractivity contribution in [2.75, 3.05) is 12.4 Å². The van der Waals surface area contributed by atoms with E-state index < -0.39 is 5.97 Å². The molecule has 0 saturated heterocycles. The minimum Gasteiger partial charge on any atom is -0.464 e. The number of benzene rings is 1. The number of carbonyl (C=O) groups is 2. The molecule has 4 rings (SSSR count). The van der Waals surface area contributed by atoms with Crippen LogP contribution in [0, 0.1) is 0 Å². The Balaban J connectivity index is 1.48. The van der Waals surface area contributed by atoms with E-state index in [2.05, 4.69) is 20.5 Å². The number of hydrogen-bond acceptors (Lipinski definition) is 7. The molecule has 4 aromatic rings. The van der Waals surface area contributed by atoms with Gasteiger partial charge >= 0.3 is 5.97 Å². The van der Waals surface area contributed by atoms with E-state index in [4.69, 9.17) is 9.15 Å². The van der Waals surface area contributed by atoms with Crippen LogP contribution >= 0.6 is 11.3 Å². The molecule has 27 heavy (non-hydrogen) atoms. The zero-order valence-electron chi connectivity index (χ0n) is 14.2. The number of methoxy groups -OCH3 is 1. The Hall–Kier alpha value is -3.46. The van der Waals surface area contributed by atoms with E-state index in [1.165, 1.54) is 18.4 Å². The third kappa shape index (κ3) is 3.44. The van der Waals surface area contributed by atoms with Crippen molar-refractivity contribution in [2.24, 2.45) is 0 Å². The molecule has 1 amide bonds. The van der Waals surface area contributed by atoms with Gasteiger partial charge in [0.05, 0.1) is 31.0 Å². The summed E-state index contributed by atoms with van der Waals surface area (Å²) in [5.74, 6) is -0.0844. The Morgan fingerprint density at radius 3 is 3.00 bits per heavy atom. The highest BCUT2D eigenvalue weighted by Crippen LogP contribution is 2.25. The Kier molecular flexibility index (Phi) is 4.43. The molecule has 0 saturated carbocycles. The molecule has 0 aliphatic heterocycles. The number of anilines is 1. The molecular formula is C18H14N4O4S. The van der Waals surface area contributed by atoms with Crippen LogP contribution in [0.15, 0.2) is 46.4 Å². The van der Waals surface area contributed by atoms with Crippen LogP contribution in [0.4, 0.5) is 5.69 Å². The fourth-order valence-corrected chi connectivity index (χ4v) is 3.40. The maximum atomic E-state index is 12.3. The number of hydrogen-bond donors (Lipinski definition) is 2. The fraction of sp³-hybridized carbons (Fsp3) is 0.111. The Bertz CT molecular complexity index is 1110.